The van der Waals surface area contributed by atoms with Crippen LogP contribution in [0.25, 0.3) is 0 Å². The highest BCUT2D eigenvalue weighted by Gasteiger charge is 2.34. The molecule has 0 saturated heterocycles. The van der Waals surface area contributed by atoms with E-state index in [0.29, 0.717) is 32.5 Å². The molecule has 1 heterocycles. The smallest absolute Gasteiger partial charge is 0.160 e. The SMILES string of the molecule is COCOCC1CC2=C(CCCC2)C2=C1OCCO2. The summed E-state index contributed by atoms with van der Waals surface area (Å²) in [6.07, 6.45) is 5.97. The third kappa shape index (κ3) is 2.65. The maximum absolute atomic E-state index is 5.90. The lowest BCUT2D eigenvalue weighted by Crippen LogP contribution is -2.28. The van der Waals surface area contributed by atoms with E-state index in [1.54, 1.807) is 12.7 Å². The van der Waals surface area contributed by atoms with Crippen LogP contribution < -0.4 is 0 Å². The first-order chi connectivity index (χ1) is 9.40. The predicted molar refractivity (Wildman–Crippen MR) is 70.4 cm³/mol. The van der Waals surface area contributed by atoms with E-state index >= 15 is 0 Å². The Morgan fingerprint density at radius 1 is 1.16 bits per heavy atom. The minimum absolute atomic E-state index is 0.294. The highest BCUT2D eigenvalue weighted by atomic mass is 16.7. The predicted octanol–water partition coefficient (Wildman–Crippen LogP) is 2.76. The molecule has 4 nitrogen and oxygen atoms in total. The van der Waals surface area contributed by atoms with Crippen molar-refractivity contribution in [3.8, 4) is 0 Å². The minimum atomic E-state index is 0.294. The summed E-state index contributed by atoms with van der Waals surface area (Å²) in [5.74, 6) is 2.34. The van der Waals surface area contributed by atoms with Crippen LogP contribution in [0.15, 0.2) is 22.7 Å². The Morgan fingerprint density at radius 2 is 2.00 bits per heavy atom. The molecule has 0 N–H and O–H groups in total. The molecule has 1 unspecified atom stereocenters. The zero-order valence-electron chi connectivity index (χ0n) is 11.6. The molecular weight excluding hydrogens is 244 g/mol. The Kier molecular flexibility index (Phi) is 4.09. The number of hydrogen-bond donors (Lipinski definition) is 0. The Balaban J connectivity index is 1.80. The number of hydrogen-bond acceptors (Lipinski definition) is 4. The van der Waals surface area contributed by atoms with E-state index in [-0.39, 0.29) is 0 Å². The lowest BCUT2D eigenvalue weighted by atomic mass is 9.79. The molecule has 1 aliphatic heterocycles. The fourth-order valence-electron chi connectivity index (χ4n) is 3.24. The van der Waals surface area contributed by atoms with Crippen LogP contribution in [0.4, 0.5) is 0 Å². The summed E-state index contributed by atoms with van der Waals surface area (Å²) in [7, 11) is 1.65. The van der Waals surface area contributed by atoms with E-state index in [4.69, 9.17) is 18.9 Å². The van der Waals surface area contributed by atoms with Crippen LogP contribution >= 0.6 is 0 Å². The van der Waals surface area contributed by atoms with Crippen molar-refractivity contribution >= 4 is 0 Å². The van der Waals surface area contributed by atoms with Crippen molar-refractivity contribution in [2.24, 2.45) is 5.92 Å². The van der Waals surface area contributed by atoms with Crippen molar-refractivity contribution in [1.82, 2.24) is 0 Å². The molecule has 3 aliphatic rings. The topological polar surface area (TPSA) is 36.9 Å². The van der Waals surface area contributed by atoms with Crippen LogP contribution in [0, 0.1) is 5.92 Å². The van der Waals surface area contributed by atoms with Gasteiger partial charge >= 0.3 is 0 Å². The molecule has 0 spiro atoms. The fraction of sp³-hybridized carbons (Fsp3) is 0.733. The first-order valence-corrected chi connectivity index (χ1v) is 7.18. The number of fused-ring (bicyclic) bond motifs is 1. The quantitative estimate of drug-likeness (QED) is 0.579. The van der Waals surface area contributed by atoms with Crippen molar-refractivity contribution in [2.45, 2.75) is 32.1 Å². The molecule has 106 valence electrons. The Labute approximate surface area is 114 Å². The van der Waals surface area contributed by atoms with Gasteiger partial charge in [0.05, 0.1) is 6.61 Å². The maximum Gasteiger partial charge on any atom is 0.160 e. The molecule has 0 fully saturated rings. The summed E-state index contributed by atoms with van der Waals surface area (Å²) in [5.41, 5.74) is 2.98. The molecule has 2 aliphatic carbocycles. The zero-order chi connectivity index (χ0) is 13.1. The van der Waals surface area contributed by atoms with E-state index in [2.05, 4.69) is 0 Å². The average Bonchev–Trinajstić information content (AvgIpc) is 2.47. The van der Waals surface area contributed by atoms with Crippen LogP contribution in [0.1, 0.15) is 32.1 Å². The summed E-state index contributed by atoms with van der Waals surface area (Å²) in [6, 6.07) is 0. The van der Waals surface area contributed by atoms with Gasteiger partial charge in [-0.2, -0.15) is 0 Å². The lowest BCUT2D eigenvalue weighted by molar-refractivity contribution is -0.0514. The van der Waals surface area contributed by atoms with Crippen LogP contribution in [-0.4, -0.2) is 33.7 Å². The third-order valence-corrected chi connectivity index (χ3v) is 4.05. The first kappa shape index (κ1) is 13.0. The second-order valence-corrected chi connectivity index (χ2v) is 5.36. The van der Waals surface area contributed by atoms with Crippen LogP contribution in [0.5, 0.6) is 0 Å². The number of ether oxygens (including phenoxy) is 4. The number of allylic oxidation sites excluding steroid dienone is 2. The molecule has 0 bridgehead atoms. The normalized spacial score (nSPS) is 26.5. The second-order valence-electron chi connectivity index (χ2n) is 5.36. The van der Waals surface area contributed by atoms with Crippen molar-refractivity contribution in [3.05, 3.63) is 22.7 Å². The largest absolute Gasteiger partial charge is 0.490 e. The molecule has 19 heavy (non-hydrogen) atoms. The van der Waals surface area contributed by atoms with Gasteiger partial charge in [-0.3, -0.25) is 0 Å². The molecule has 0 aromatic rings. The van der Waals surface area contributed by atoms with Crippen molar-refractivity contribution in [3.63, 3.8) is 0 Å². The molecule has 0 aromatic carbocycles. The lowest BCUT2D eigenvalue weighted by Gasteiger charge is -2.36. The van der Waals surface area contributed by atoms with E-state index in [9.17, 15) is 0 Å². The molecule has 0 aromatic heterocycles. The summed E-state index contributed by atoms with van der Waals surface area (Å²) >= 11 is 0. The van der Waals surface area contributed by atoms with Gasteiger partial charge in [0.1, 0.15) is 25.8 Å². The van der Waals surface area contributed by atoms with Gasteiger partial charge in [-0.1, -0.05) is 5.57 Å². The average molecular weight is 266 g/mol. The van der Waals surface area contributed by atoms with Crippen molar-refractivity contribution < 1.29 is 18.9 Å². The van der Waals surface area contributed by atoms with E-state index < -0.39 is 0 Å². The van der Waals surface area contributed by atoms with Crippen LogP contribution in [-0.2, 0) is 18.9 Å². The fourth-order valence-corrected chi connectivity index (χ4v) is 3.24. The summed E-state index contributed by atoms with van der Waals surface area (Å²) in [5, 5.41) is 0. The van der Waals surface area contributed by atoms with Gasteiger partial charge < -0.3 is 18.9 Å². The Hall–Kier alpha value is -1.00. The molecule has 0 radical (unpaired) electrons. The van der Waals surface area contributed by atoms with Gasteiger partial charge in [-0.15, -0.1) is 0 Å². The van der Waals surface area contributed by atoms with Crippen LogP contribution in [0.2, 0.25) is 0 Å². The van der Waals surface area contributed by atoms with Gasteiger partial charge in [0, 0.05) is 13.0 Å². The standard InChI is InChI=1S/C15H22O4/c1-16-10-17-9-12-8-11-4-2-3-5-13(11)15-14(12)18-6-7-19-15/h12H,2-10H2,1H3. The van der Waals surface area contributed by atoms with Gasteiger partial charge in [0.2, 0.25) is 0 Å². The third-order valence-electron chi connectivity index (χ3n) is 4.05. The first-order valence-electron chi connectivity index (χ1n) is 7.18. The second kappa shape index (κ2) is 5.97. The highest BCUT2D eigenvalue weighted by molar-refractivity contribution is 5.40. The summed E-state index contributed by atoms with van der Waals surface area (Å²) in [4.78, 5) is 0. The Bertz CT molecular complexity index is 397. The highest BCUT2D eigenvalue weighted by Crippen LogP contribution is 2.43. The van der Waals surface area contributed by atoms with E-state index in [0.717, 1.165) is 24.4 Å². The molecule has 0 amide bonds. The van der Waals surface area contributed by atoms with Gasteiger partial charge in [-0.05, 0) is 37.7 Å². The van der Waals surface area contributed by atoms with Crippen LogP contribution in [0.3, 0.4) is 0 Å². The van der Waals surface area contributed by atoms with E-state index in [1.165, 1.54) is 24.8 Å². The zero-order valence-corrected chi connectivity index (χ0v) is 11.6. The maximum atomic E-state index is 5.90. The van der Waals surface area contributed by atoms with Crippen molar-refractivity contribution in [1.29, 1.82) is 0 Å². The number of rotatable bonds is 4. The molecule has 0 saturated carbocycles. The molecule has 3 rings (SSSR count). The summed E-state index contributed by atoms with van der Waals surface area (Å²) in [6.45, 7) is 2.31. The van der Waals surface area contributed by atoms with Crippen molar-refractivity contribution in [2.75, 3.05) is 33.7 Å². The monoisotopic (exact) mass is 266 g/mol. The van der Waals surface area contributed by atoms with Gasteiger partial charge in [0.25, 0.3) is 0 Å². The van der Waals surface area contributed by atoms with Gasteiger partial charge in [0.15, 0.2) is 5.76 Å². The summed E-state index contributed by atoms with van der Waals surface area (Å²) < 4.78 is 22.3. The van der Waals surface area contributed by atoms with E-state index in [1.807, 2.05) is 0 Å². The van der Waals surface area contributed by atoms with Gasteiger partial charge in [-0.25, -0.2) is 0 Å². The molecular formula is C15H22O4. The Morgan fingerprint density at radius 3 is 2.89 bits per heavy atom. The molecule has 1 atom stereocenters. The number of methoxy groups -OCH3 is 1. The minimum Gasteiger partial charge on any atom is -0.490 e. The molecule has 4 heteroatoms.